The maximum atomic E-state index is 13.9. The van der Waals surface area contributed by atoms with Crippen molar-refractivity contribution in [1.82, 2.24) is 9.80 Å². The molecule has 1 aromatic heterocycles. The summed E-state index contributed by atoms with van der Waals surface area (Å²) in [5.74, 6) is -1.11. The van der Waals surface area contributed by atoms with E-state index < -0.39 is 17.7 Å². The lowest BCUT2D eigenvalue weighted by molar-refractivity contribution is -0.140. The van der Waals surface area contributed by atoms with Crippen molar-refractivity contribution in [3.05, 3.63) is 59.9 Å². The van der Waals surface area contributed by atoms with Crippen LogP contribution < -0.4 is 10.2 Å². The molecule has 1 N–H and O–H groups in total. The number of amidine groups is 1. The summed E-state index contributed by atoms with van der Waals surface area (Å²) in [6, 6.07) is 16.0. The van der Waals surface area contributed by atoms with Gasteiger partial charge in [0.2, 0.25) is 11.8 Å². The quantitative estimate of drug-likeness (QED) is 0.185. The van der Waals surface area contributed by atoms with Gasteiger partial charge >= 0.3 is 0 Å². The first kappa shape index (κ1) is 31.8. The van der Waals surface area contributed by atoms with Gasteiger partial charge in [-0.05, 0) is 101 Å². The van der Waals surface area contributed by atoms with Crippen molar-refractivity contribution in [1.29, 1.82) is 5.26 Å². The highest BCUT2D eigenvalue weighted by molar-refractivity contribution is 6.18. The van der Waals surface area contributed by atoms with Crippen LogP contribution in [0, 0.1) is 24.2 Å². The third kappa shape index (κ3) is 7.36. The van der Waals surface area contributed by atoms with Crippen molar-refractivity contribution in [3.8, 4) is 6.07 Å². The Kier molecular flexibility index (Phi) is 10.2. The van der Waals surface area contributed by atoms with E-state index in [0.29, 0.717) is 24.2 Å². The molecule has 0 radical (unpaired) electrons. The molecule has 2 saturated heterocycles. The lowest BCUT2D eigenvalue weighted by Crippen LogP contribution is -2.45. The third-order valence-electron chi connectivity index (χ3n) is 8.69. The normalized spacial score (nSPS) is 18.0. The smallest absolute Gasteiger partial charge is 0.247 e. The number of furan rings is 1. The molecular weight excluding hydrogens is 568 g/mol. The molecule has 0 saturated carbocycles. The van der Waals surface area contributed by atoms with Gasteiger partial charge in [-0.15, -0.1) is 0 Å². The van der Waals surface area contributed by atoms with Crippen molar-refractivity contribution in [2.24, 2.45) is 10.9 Å². The van der Waals surface area contributed by atoms with Crippen molar-refractivity contribution in [3.63, 3.8) is 0 Å². The van der Waals surface area contributed by atoms with Crippen molar-refractivity contribution >= 4 is 45.8 Å². The fraction of sp³-hybridized carbons (Fsp3) is 0.457. The second-order valence-corrected chi connectivity index (χ2v) is 11.8. The predicted molar refractivity (Wildman–Crippen MR) is 175 cm³/mol. The number of likely N-dealkylation sites (tertiary alicyclic amines) is 2. The van der Waals surface area contributed by atoms with Gasteiger partial charge in [0.25, 0.3) is 0 Å². The number of fused-ring (bicyclic) bond motifs is 1. The zero-order valence-electron chi connectivity index (χ0n) is 26.4. The van der Waals surface area contributed by atoms with Crippen LogP contribution in [0.2, 0.25) is 0 Å². The lowest BCUT2D eigenvalue weighted by Gasteiger charge is -2.26. The minimum atomic E-state index is -1.28. The summed E-state index contributed by atoms with van der Waals surface area (Å²) in [6.07, 6.45) is 3.91. The number of hydrogen-bond acceptors (Lipinski definition) is 7. The highest BCUT2D eigenvalue weighted by Gasteiger charge is 2.33. The number of aryl methyl sites for hydroxylation is 1. The first-order valence-electron chi connectivity index (χ1n) is 16.0. The molecule has 45 heavy (non-hydrogen) atoms. The summed E-state index contributed by atoms with van der Waals surface area (Å²) in [7, 11) is 0. The standard InChI is InChI=1S/C35H42N6O4/c1-4-39(5-2)28-14-11-25(12-15-28)33(43)29(22-36)34(37-27-13-16-31-26(21-27)20-24(3)45-31)38-30-10-6-7-19-41(35(30)44)23-32(42)40-17-8-9-18-40/h11-16,20-21,29-30H,4-10,17-19,23H2,1-3H3,(H,37,38)/t29?,30-/m0/s1. The van der Waals surface area contributed by atoms with E-state index in [1.165, 1.54) is 0 Å². The van der Waals surface area contributed by atoms with Gasteiger partial charge in [-0.25, -0.2) is 0 Å². The molecule has 0 bridgehead atoms. The van der Waals surface area contributed by atoms with E-state index in [0.717, 1.165) is 74.3 Å². The molecule has 2 aliphatic heterocycles. The Hall–Kier alpha value is -4.65. The summed E-state index contributed by atoms with van der Waals surface area (Å²) >= 11 is 0. The van der Waals surface area contributed by atoms with Gasteiger partial charge < -0.3 is 24.4 Å². The molecule has 2 amide bonds. The van der Waals surface area contributed by atoms with E-state index in [2.05, 4.69) is 30.1 Å². The van der Waals surface area contributed by atoms with Crippen LogP contribution >= 0.6 is 0 Å². The van der Waals surface area contributed by atoms with Gasteiger partial charge in [-0.3, -0.25) is 19.4 Å². The lowest BCUT2D eigenvalue weighted by atomic mass is 9.96. The number of nitrogens with zero attached hydrogens (tertiary/aromatic N) is 5. The number of nitrogens with one attached hydrogen (secondary N) is 1. The number of rotatable bonds is 10. The molecule has 1 unspecified atom stereocenters. The van der Waals surface area contributed by atoms with Gasteiger partial charge in [0.15, 0.2) is 11.7 Å². The molecule has 2 aromatic carbocycles. The summed E-state index contributed by atoms with van der Waals surface area (Å²) < 4.78 is 5.72. The number of nitriles is 1. The minimum absolute atomic E-state index is 0.0175. The van der Waals surface area contributed by atoms with Crippen LogP contribution in [0.25, 0.3) is 11.0 Å². The summed E-state index contributed by atoms with van der Waals surface area (Å²) in [4.78, 5) is 51.0. The molecule has 2 atom stereocenters. The second kappa shape index (κ2) is 14.4. The first-order valence-corrected chi connectivity index (χ1v) is 16.0. The topological polar surface area (TPSA) is 122 Å². The molecule has 0 spiro atoms. The Morgan fingerprint density at radius 3 is 2.44 bits per heavy atom. The Morgan fingerprint density at radius 1 is 1.04 bits per heavy atom. The van der Waals surface area contributed by atoms with Gasteiger partial charge in [-0.2, -0.15) is 5.26 Å². The number of hydrogen-bond donors (Lipinski definition) is 1. The summed E-state index contributed by atoms with van der Waals surface area (Å²) in [5, 5.41) is 14.5. The minimum Gasteiger partial charge on any atom is -0.461 e. The Bertz CT molecular complexity index is 1590. The van der Waals surface area contributed by atoms with Crippen LogP contribution in [0.3, 0.4) is 0 Å². The zero-order valence-corrected chi connectivity index (χ0v) is 26.4. The Balaban J connectivity index is 1.46. The van der Waals surface area contributed by atoms with E-state index >= 15 is 0 Å². The highest BCUT2D eigenvalue weighted by atomic mass is 16.3. The number of ketones is 1. The molecule has 10 nitrogen and oxygen atoms in total. The fourth-order valence-electron chi connectivity index (χ4n) is 6.18. The van der Waals surface area contributed by atoms with E-state index in [1.807, 2.05) is 42.2 Å². The maximum absolute atomic E-state index is 13.9. The van der Waals surface area contributed by atoms with Crippen LogP contribution in [0.1, 0.15) is 62.1 Å². The number of anilines is 2. The maximum Gasteiger partial charge on any atom is 0.247 e. The van der Waals surface area contributed by atoms with Gasteiger partial charge in [0, 0.05) is 55.0 Å². The van der Waals surface area contributed by atoms with Crippen LogP contribution in [0.4, 0.5) is 11.4 Å². The first-order chi connectivity index (χ1) is 21.8. The van der Waals surface area contributed by atoms with Crippen molar-refractivity contribution < 1.29 is 18.8 Å². The van der Waals surface area contributed by atoms with E-state index in [9.17, 15) is 19.6 Å². The molecule has 0 aliphatic carbocycles. The Morgan fingerprint density at radius 2 is 1.76 bits per heavy atom. The SMILES string of the molecule is CCN(CC)c1ccc(C(=O)C(C#N)C(=N[C@H]2CCCCN(CC(=O)N3CCCC3)C2=O)Nc2ccc3oc(C)cc3c2)cc1. The Labute approximate surface area is 264 Å². The number of aliphatic imine (C=N–C) groups is 1. The van der Waals surface area contributed by atoms with Crippen LogP contribution in [0.15, 0.2) is 57.9 Å². The van der Waals surface area contributed by atoms with E-state index in [1.54, 1.807) is 23.1 Å². The average molecular weight is 611 g/mol. The number of amides is 2. The van der Waals surface area contributed by atoms with Crippen LogP contribution in [-0.4, -0.2) is 78.5 Å². The fourth-order valence-corrected chi connectivity index (χ4v) is 6.18. The number of carbonyl (C=O) groups excluding carboxylic acids is 3. The molecule has 3 heterocycles. The number of benzene rings is 2. The zero-order chi connectivity index (χ0) is 31.9. The van der Waals surface area contributed by atoms with Gasteiger partial charge in [-0.1, -0.05) is 0 Å². The average Bonchev–Trinajstić information content (AvgIpc) is 3.68. The molecule has 10 heteroatoms. The number of carbonyl (C=O) groups is 3. The second-order valence-electron chi connectivity index (χ2n) is 11.8. The molecular formula is C35H42N6O4. The monoisotopic (exact) mass is 610 g/mol. The highest BCUT2D eigenvalue weighted by Crippen LogP contribution is 2.25. The summed E-state index contributed by atoms with van der Waals surface area (Å²) in [6.45, 7) is 9.62. The third-order valence-corrected chi connectivity index (χ3v) is 8.69. The molecule has 2 aliphatic rings. The molecule has 3 aromatic rings. The van der Waals surface area contributed by atoms with Gasteiger partial charge in [0.05, 0.1) is 12.6 Å². The number of Topliss-reactive ketones (excluding diaryl/α,β-unsaturated/α-hetero) is 1. The molecule has 2 fully saturated rings. The predicted octanol–water partition coefficient (Wildman–Crippen LogP) is 5.42. The van der Waals surface area contributed by atoms with Crippen molar-refractivity contribution in [2.75, 3.05) is 49.5 Å². The van der Waals surface area contributed by atoms with Crippen molar-refractivity contribution in [2.45, 2.75) is 58.9 Å². The van der Waals surface area contributed by atoms with Crippen LogP contribution in [0.5, 0.6) is 0 Å². The van der Waals surface area contributed by atoms with E-state index in [-0.39, 0.29) is 24.2 Å². The van der Waals surface area contributed by atoms with Gasteiger partial charge in [0.1, 0.15) is 23.2 Å². The summed E-state index contributed by atoms with van der Waals surface area (Å²) in [5.41, 5.74) is 2.72. The van der Waals surface area contributed by atoms with E-state index in [4.69, 9.17) is 9.41 Å². The molecule has 5 rings (SSSR count). The molecule has 236 valence electrons. The van der Waals surface area contributed by atoms with Crippen LogP contribution in [-0.2, 0) is 9.59 Å². The largest absolute Gasteiger partial charge is 0.461 e.